The molecule has 1 aromatic rings. The van der Waals surface area contributed by atoms with Crippen LogP contribution in [0, 0.1) is 11.8 Å². The van der Waals surface area contributed by atoms with Crippen LogP contribution < -0.4 is 10.6 Å². The molecule has 10 heteroatoms. The molecule has 204 valence electrons. The van der Waals surface area contributed by atoms with Gasteiger partial charge in [-0.3, -0.25) is 14.4 Å². The van der Waals surface area contributed by atoms with Gasteiger partial charge in [-0.2, -0.15) is 0 Å². The predicted molar refractivity (Wildman–Crippen MR) is 143 cm³/mol. The van der Waals surface area contributed by atoms with Crippen LogP contribution in [0.1, 0.15) is 51.9 Å². The Labute approximate surface area is 232 Å². The van der Waals surface area contributed by atoms with Crippen LogP contribution in [0.25, 0.3) is 0 Å². The first-order valence-electron chi connectivity index (χ1n) is 13.6. The molecule has 1 spiro atoms. The zero-order chi connectivity index (χ0) is 26.7. The molecular formula is C28H33Cl2N3O5. The van der Waals surface area contributed by atoms with Gasteiger partial charge >= 0.3 is 0 Å². The highest BCUT2D eigenvalue weighted by Crippen LogP contribution is 2.60. The molecule has 4 fully saturated rings. The van der Waals surface area contributed by atoms with E-state index >= 15 is 0 Å². The largest absolute Gasteiger partial charge is 0.376 e. The lowest BCUT2D eigenvalue weighted by Crippen LogP contribution is -2.57. The fraction of sp³-hybridized carbons (Fsp3) is 0.607. The van der Waals surface area contributed by atoms with Crippen molar-refractivity contribution in [2.45, 2.75) is 81.3 Å². The van der Waals surface area contributed by atoms with Crippen LogP contribution in [-0.2, 0) is 23.9 Å². The van der Waals surface area contributed by atoms with E-state index in [4.69, 9.17) is 32.7 Å². The molecule has 4 aliphatic heterocycles. The van der Waals surface area contributed by atoms with Crippen molar-refractivity contribution in [3.8, 4) is 0 Å². The smallest absolute Gasteiger partial charge is 0.246 e. The molecule has 5 aliphatic rings. The predicted octanol–water partition coefficient (Wildman–Crippen LogP) is 4.10. The molecule has 8 nitrogen and oxygen atoms in total. The topological polar surface area (TPSA) is 97.0 Å². The van der Waals surface area contributed by atoms with Crippen molar-refractivity contribution < 1.29 is 23.9 Å². The Morgan fingerprint density at radius 2 is 1.84 bits per heavy atom. The summed E-state index contributed by atoms with van der Waals surface area (Å²) in [5, 5.41) is 6.81. The molecule has 6 rings (SSSR count). The van der Waals surface area contributed by atoms with Crippen molar-refractivity contribution >= 4 is 46.6 Å². The Hall–Kier alpha value is -2.13. The van der Waals surface area contributed by atoms with Gasteiger partial charge in [-0.15, -0.1) is 0 Å². The number of benzene rings is 1. The molecule has 6 atom stereocenters. The number of nitrogens with zero attached hydrogens (tertiary/aromatic N) is 1. The van der Waals surface area contributed by atoms with E-state index in [1.165, 1.54) is 6.42 Å². The number of ether oxygens (including phenoxy) is 2. The quantitative estimate of drug-likeness (QED) is 0.509. The number of hydrogen-bond donors (Lipinski definition) is 2. The first-order chi connectivity index (χ1) is 18.2. The van der Waals surface area contributed by atoms with Crippen molar-refractivity contribution in [2.75, 3.05) is 18.5 Å². The Morgan fingerprint density at radius 3 is 2.55 bits per heavy atom. The summed E-state index contributed by atoms with van der Waals surface area (Å²) in [7, 11) is 0. The summed E-state index contributed by atoms with van der Waals surface area (Å²) in [6.45, 7) is 2.75. The Morgan fingerprint density at radius 1 is 1.05 bits per heavy atom. The number of halogens is 2. The second-order valence-corrected chi connectivity index (χ2v) is 12.2. The summed E-state index contributed by atoms with van der Waals surface area (Å²) in [5.74, 6) is -2.48. The summed E-state index contributed by atoms with van der Waals surface area (Å²) in [5.41, 5.74) is -1.77. The van der Waals surface area contributed by atoms with Crippen LogP contribution in [-0.4, -0.2) is 65.2 Å². The van der Waals surface area contributed by atoms with Crippen molar-refractivity contribution in [2.24, 2.45) is 11.8 Å². The fourth-order valence-corrected chi connectivity index (χ4v) is 7.45. The maximum absolute atomic E-state index is 14.1. The van der Waals surface area contributed by atoms with Crippen LogP contribution in [0.4, 0.5) is 5.69 Å². The van der Waals surface area contributed by atoms with Gasteiger partial charge in [-0.1, -0.05) is 54.6 Å². The number of rotatable bonds is 6. The third kappa shape index (κ3) is 4.24. The maximum atomic E-state index is 14.1. The van der Waals surface area contributed by atoms with Gasteiger partial charge in [0, 0.05) is 24.9 Å². The minimum absolute atomic E-state index is 0.0818. The van der Waals surface area contributed by atoms with Gasteiger partial charge in [0.1, 0.15) is 11.6 Å². The average molecular weight is 562 g/mol. The number of amides is 3. The lowest BCUT2D eigenvalue weighted by atomic mass is 9.70. The normalized spacial score (nSPS) is 36.1. The molecule has 1 aromatic carbocycles. The molecule has 3 saturated heterocycles. The van der Waals surface area contributed by atoms with Gasteiger partial charge in [0.05, 0.1) is 33.6 Å². The van der Waals surface area contributed by atoms with Crippen molar-refractivity contribution in [3.63, 3.8) is 0 Å². The Balaban J connectivity index is 1.32. The molecule has 2 bridgehead atoms. The van der Waals surface area contributed by atoms with Gasteiger partial charge in [0.15, 0.2) is 0 Å². The highest BCUT2D eigenvalue weighted by Gasteiger charge is 2.76. The summed E-state index contributed by atoms with van der Waals surface area (Å²) in [6.07, 6.45) is 10.5. The van der Waals surface area contributed by atoms with E-state index < -0.39 is 29.1 Å². The standard InChI is InChI=1S/C28H33Cl2N3O5/c1-27-11-12-28(38-27)22(21(27)24(34)32-17-9-10-19(29)20(30)14-17)26(36)33(15-18-8-5-13-37-18)23(28)25(35)31-16-6-3-2-4-7-16/h9-12,14,16,18,21-23H,2-8,13,15H2,1H3,(H,31,35)(H,32,34). The first-order valence-corrected chi connectivity index (χ1v) is 14.4. The molecule has 38 heavy (non-hydrogen) atoms. The maximum Gasteiger partial charge on any atom is 0.246 e. The Bertz CT molecular complexity index is 1180. The van der Waals surface area contributed by atoms with E-state index in [1.807, 2.05) is 19.1 Å². The highest BCUT2D eigenvalue weighted by molar-refractivity contribution is 6.42. The van der Waals surface area contributed by atoms with Gasteiger partial charge in [-0.05, 0) is 50.8 Å². The van der Waals surface area contributed by atoms with Gasteiger partial charge in [0.25, 0.3) is 0 Å². The van der Waals surface area contributed by atoms with Gasteiger partial charge in [0.2, 0.25) is 17.7 Å². The van der Waals surface area contributed by atoms with Crippen LogP contribution in [0.5, 0.6) is 0 Å². The molecule has 4 heterocycles. The molecule has 1 aliphatic carbocycles. The van der Waals surface area contributed by atoms with E-state index in [9.17, 15) is 14.4 Å². The fourth-order valence-electron chi connectivity index (χ4n) is 7.15. The summed E-state index contributed by atoms with van der Waals surface area (Å²) in [6, 6.07) is 4.06. The monoisotopic (exact) mass is 561 g/mol. The number of carbonyl (C=O) groups excluding carboxylic acids is 3. The lowest BCUT2D eigenvalue weighted by Gasteiger charge is -2.35. The minimum Gasteiger partial charge on any atom is -0.376 e. The second kappa shape index (κ2) is 9.81. The summed E-state index contributed by atoms with van der Waals surface area (Å²) < 4.78 is 12.4. The number of fused-ring (bicyclic) bond motifs is 1. The SMILES string of the molecule is CC12C=CC3(O1)C(C(=O)N(CC1CCCO1)C3C(=O)NC1CCCCC1)C2C(=O)Nc1ccc(Cl)c(Cl)c1. The van der Waals surface area contributed by atoms with Crippen molar-refractivity contribution in [1.29, 1.82) is 0 Å². The molecule has 0 aromatic heterocycles. The van der Waals surface area contributed by atoms with E-state index in [0.717, 1.165) is 38.5 Å². The molecule has 3 amide bonds. The van der Waals surface area contributed by atoms with Crippen molar-refractivity contribution in [1.82, 2.24) is 10.2 Å². The third-order valence-corrected chi connectivity index (χ3v) is 9.63. The second-order valence-electron chi connectivity index (χ2n) is 11.4. The number of nitrogens with one attached hydrogen (secondary N) is 2. The number of anilines is 1. The van der Waals surface area contributed by atoms with Gasteiger partial charge < -0.3 is 25.0 Å². The number of hydrogen-bond acceptors (Lipinski definition) is 5. The molecule has 6 unspecified atom stereocenters. The minimum atomic E-state index is -1.22. The molecule has 2 N–H and O–H groups in total. The van der Waals surface area contributed by atoms with E-state index in [2.05, 4.69) is 10.6 Å². The Kier molecular flexibility index (Phi) is 6.74. The van der Waals surface area contributed by atoms with Crippen molar-refractivity contribution in [3.05, 3.63) is 40.4 Å². The average Bonchev–Trinajstić information content (AvgIpc) is 3.62. The zero-order valence-electron chi connectivity index (χ0n) is 21.4. The van der Waals surface area contributed by atoms with E-state index in [1.54, 1.807) is 23.1 Å². The molecule has 1 saturated carbocycles. The molecule has 0 radical (unpaired) electrons. The van der Waals surface area contributed by atoms with E-state index in [0.29, 0.717) is 28.9 Å². The highest BCUT2D eigenvalue weighted by atomic mass is 35.5. The van der Waals surface area contributed by atoms with Crippen LogP contribution in [0.2, 0.25) is 10.0 Å². The summed E-state index contributed by atoms with van der Waals surface area (Å²) in [4.78, 5) is 43.4. The third-order valence-electron chi connectivity index (χ3n) is 8.89. The first kappa shape index (κ1) is 26.1. The van der Waals surface area contributed by atoms with Crippen LogP contribution >= 0.6 is 23.2 Å². The van der Waals surface area contributed by atoms with Crippen LogP contribution in [0.3, 0.4) is 0 Å². The number of carbonyl (C=O) groups is 3. The van der Waals surface area contributed by atoms with Gasteiger partial charge in [-0.25, -0.2) is 0 Å². The number of likely N-dealkylation sites (tertiary alicyclic amines) is 1. The molecular weight excluding hydrogens is 529 g/mol. The lowest BCUT2D eigenvalue weighted by molar-refractivity contribution is -0.145. The van der Waals surface area contributed by atoms with E-state index in [-0.39, 0.29) is 29.9 Å². The summed E-state index contributed by atoms with van der Waals surface area (Å²) >= 11 is 12.2. The zero-order valence-corrected chi connectivity index (χ0v) is 22.9. The van der Waals surface area contributed by atoms with Crippen LogP contribution in [0.15, 0.2) is 30.4 Å².